The van der Waals surface area contributed by atoms with E-state index in [2.05, 4.69) is 0 Å². The number of amides is 1. The SMILES string of the molecule is CCC(=O)N1CC(=CN(C)C)C(=O)c2cc([N+](=O)[O-])ccc21. The van der Waals surface area contributed by atoms with Crippen LogP contribution >= 0.6 is 0 Å². The molecular formula is C15H17N3O4. The molecule has 0 aromatic heterocycles. The van der Waals surface area contributed by atoms with Gasteiger partial charge in [-0.15, -0.1) is 0 Å². The first kappa shape index (κ1) is 15.7. The number of benzene rings is 1. The second kappa shape index (κ2) is 5.97. The number of fused-ring (bicyclic) bond motifs is 1. The molecule has 2 rings (SSSR count). The van der Waals surface area contributed by atoms with E-state index in [1.165, 1.54) is 23.1 Å². The van der Waals surface area contributed by atoms with Crippen LogP contribution in [0.25, 0.3) is 0 Å². The molecule has 7 nitrogen and oxygen atoms in total. The van der Waals surface area contributed by atoms with E-state index in [-0.39, 0.29) is 29.5 Å². The van der Waals surface area contributed by atoms with Crippen LogP contribution in [-0.2, 0) is 4.79 Å². The van der Waals surface area contributed by atoms with Crippen LogP contribution in [0.15, 0.2) is 30.0 Å². The lowest BCUT2D eigenvalue weighted by molar-refractivity contribution is -0.384. The summed E-state index contributed by atoms with van der Waals surface area (Å²) in [7, 11) is 3.55. The summed E-state index contributed by atoms with van der Waals surface area (Å²) in [5, 5.41) is 10.9. The number of nitro groups is 1. The maximum absolute atomic E-state index is 12.5. The minimum atomic E-state index is -0.552. The second-order valence-electron chi connectivity index (χ2n) is 5.24. The van der Waals surface area contributed by atoms with E-state index < -0.39 is 4.92 Å². The fraction of sp³-hybridized carbons (Fsp3) is 0.333. The molecular weight excluding hydrogens is 286 g/mol. The third-order valence-corrected chi connectivity index (χ3v) is 3.36. The van der Waals surface area contributed by atoms with Gasteiger partial charge in [-0.05, 0) is 6.07 Å². The Kier molecular flexibility index (Phi) is 4.25. The standard InChI is InChI=1S/C15H17N3O4/c1-4-14(19)17-9-10(8-16(2)3)15(20)12-7-11(18(21)22)5-6-13(12)17/h5-8H,4,9H2,1-3H3. The Morgan fingerprint density at radius 2 is 2.14 bits per heavy atom. The first-order valence-electron chi connectivity index (χ1n) is 6.85. The molecule has 0 fully saturated rings. The van der Waals surface area contributed by atoms with E-state index in [4.69, 9.17) is 0 Å². The number of rotatable bonds is 3. The van der Waals surface area contributed by atoms with Gasteiger partial charge in [-0.3, -0.25) is 19.7 Å². The summed E-state index contributed by atoms with van der Waals surface area (Å²) in [6, 6.07) is 4.00. The molecule has 1 aliphatic heterocycles. The number of hydrogen-bond acceptors (Lipinski definition) is 5. The van der Waals surface area contributed by atoms with Crippen molar-refractivity contribution in [2.24, 2.45) is 0 Å². The number of carbonyl (C=O) groups is 2. The van der Waals surface area contributed by atoms with E-state index >= 15 is 0 Å². The van der Waals surface area contributed by atoms with Gasteiger partial charge in [0.25, 0.3) is 5.69 Å². The number of hydrogen-bond donors (Lipinski definition) is 0. The van der Waals surface area contributed by atoms with Gasteiger partial charge in [0.05, 0.1) is 22.7 Å². The Hall–Kier alpha value is -2.70. The van der Waals surface area contributed by atoms with Crippen molar-refractivity contribution in [1.29, 1.82) is 0 Å². The first-order chi connectivity index (χ1) is 10.3. The largest absolute Gasteiger partial charge is 0.383 e. The van der Waals surface area contributed by atoms with Crippen molar-refractivity contribution in [2.75, 3.05) is 25.5 Å². The van der Waals surface area contributed by atoms with Crippen molar-refractivity contribution in [3.05, 3.63) is 45.6 Å². The quantitative estimate of drug-likeness (QED) is 0.484. The summed E-state index contributed by atoms with van der Waals surface area (Å²) in [5.74, 6) is -0.417. The van der Waals surface area contributed by atoms with Gasteiger partial charge in [-0.25, -0.2) is 0 Å². The molecule has 0 bridgehead atoms. The van der Waals surface area contributed by atoms with Gasteiger partial charge in [0.1, 0.15) is 0 Å². The Labute approximate surface area is 128 Å². The smallest absolute Gasteiger partial charge is 0.270 e. The average molecular weight is 303 g/mol. The topological polar surface area (TPSA) is 83.8 Å². The normalized spacial score (nSPS) is 15.7. The highest BCUT2D eigenvalue weighted by molar-refractivity contribution is 6.18. The number of carbonyl (C=O) groups excluding carboxylic acids is 2. The molecule has 1 heterocycles. The van der Waals surface area contributed by atoms with E-state index in [1.807, 2.05) is 0 Å². The molecule has 1 aromatic carbocycles. The fourth-order valence-electron chi connectivity index (χ4n) is 2.38. The summed E-state index contributed by atoms with van der Waals surface area (Å²) in [4.78, 5) is 38.2. The van der Waals surface area contributed by atoms with Crippen molar-refractivity contribution in [2.45, 2.75) is 13.3 Å². The lowest BCUT2D eigenvalue weighted by Crippen LogP contribution is -2.39. The van der Waals surface area contributed by atoms with E-state index in [9.17, 15) is 19.7 Å². The van der Waals surface area contributed by atoms with Gasteiger partial charge in [0.2, 0.25) is 5.91 Å². The molecule has 1 aromatic rings. The van der Waals surface area contributed by atoms with Crippen LogP contribution in [0.5, 0.6) is 0 Å². The Bertz CT molecular complexity index is 679. The van der Waals surface area contributed by atoms with Gasteiger partial charge < -0.3 is 9.80 Å². The molecule has 0 unspecified atom stereocenters. The lowest BCUT2D eigenvalue weighted by Gasteiger charge is -2.30. The zero-order chi connectivity index (χ0) is 16.4. The summed E-state index contributed by atoms with van der Waals surface area (Å²) < 4.78 is 0. The summed E-state index contributed by atoms with van der Waals surface area (Å²) in [6.45, 7) is 1.91. The first-order valence-corrected chi connectivity index (χ1v) is 6.85. The Morgan fingerprint density at radius 1 is 1.45 bits per heavy atom. The van der Waals surface area contributed by atoms with Crippen molar-refractivity contribution in [1.82, 2.24) is 4.90 Å². The molecule has 22 heavy (non-hydrogen) atoms. The molecule has 1 amide bonds. The number of ketones is 1. The monoisotopic (exact) mass is 303 g/mol. The van der Waals surface area contributed by atoms with Crippen molar-refractivity contribution in [3.63, 3.8) is 0 Å². The van der Waals surface area contributed by atoms with Crippen molar-refractivity contribution < 1.29 is 14.5 Å². The number of nitro benzene ring substituents is 1. The highest BCUT2D eigenvalue weighted by Gasteiger charge is 2.31. The minimum Gasteiger partial charge on any atom is -0.383 e. The highest BCUT2D eigenvalue weighted by Crippen LogP contribution is 2.32. The van der Waals surface area contributed by atoms with E-state index in [0.29, 0.717) is 17.7 Å². The Morgan fingerprint density at radius 3 is 2.68 bits per heavy atom. The molecule has 0 saturated carbocycles. The number of Topliss-reactive ketones (excluding diaryl/α,β-unsaturated/α-hetero) is 1. The number of non-ortho nitro benzene ring substituents is 1. The molecule has 0 saturated heterocycles. The van der Waals surface area contributed by atoms with Gasteiger partial charge in [-0.2, -0.15) is 0 Å². The second-order valence-corrected chi connectivity index (χ2v) is 5.24. The van der Waals surface area contributed by atoms with Crippen LogP contribution in [-0.4, -0.2) is 42.2 Å². The van der Waals surface area contributed by atoms with Gasteiger partial charge >= 0.3 is 0 Å². The number of anilines is 1. The summed E-state index contributed by atoms with van der Waals surface area (Å²) in [6.07, 6.45) is 1.93. The predicted octanol–water partition coefficient (Wildman–Crippen LogP) is 1.98. The van der Waals surface area contributed by atoms with Crippen LogP contribution in [0.3, 0.4) is 0 Å². The third kappa shape index (κ3) is 2.83. The molecule has 0 spiro atoms. The van der Waals surface area contributed by atoms with E-state index in [0.717, 1.165) is 0 Å². The molecule has 0 atom stereocenters. The molecule has 1 aliphatic rings. The van der Waals surface area contributed by atoms with Gasteiger partial charge in [0.15, 0.2) is 5.78 Å². The zero-order valence-electron chi connectivity index (χ0n) is 12.7. The maximum atomic E-state index is 12.5. The maximum Gasteiger partial charge on any atom is 0.270 e. The molecule has 0 aliphatic carbocycles. The fourth-order valence-corrected chi connectivity index (χ4v) is 2.38. The third-order valence-electron chi connectivity index (χ3n) is 3.36. The highest BCUT2D eigenvalue weighted by atomic mass is 16.6. The zero-order valence-corrected chi connectivity index (χ0v) is 12.7. The molecule has 0 radical (unpaired) electrons. The van der Waals surface area contributed by atoms with Gasteiger partial charge in [0, 0.05) is 44.4 Å². The van der Waals surface area contributed by atoms with E-state index in [1.54, 1.807) is 32.1 Å². The van der Waals surface area contributed by atoms with Crippen LogP contribution < -0.4 is 4.90 Å². The Balaban J connectivity index is 2.60. The van der Waals surface area contributed by atoms with Crippen LogP contribution in [0.4, 0.5) is 11.4 Å². The van der Waals surface area contributed by atoms with Crippen LogP contribution in [0.1, 0.15) is 23.7 Å². The predicted molar refractivity (Wildman–Crippen MR) is 81.8 cm³/mol. The van der Waals surface area contributed by atoms with Crippen molar-refractivity contribution in [3.8, 4) is 0 Å². The van der Waals surface area contributed by atoms with Crippen LogP contribution in [0.2, 0.25) is 0 Å². The number of nitrogens with zero attached hydrogens (tertiary/aromatic N) is 3. The molecule has 0 N–H and O–H groups in total. The van der Waals surface area contributed by atoms with Crippen molar-refractivity contribution >= 4 is 23.1 Å². The molecule has 116 valence electrons. The summed E-state index contributed by atoms with van der Waals surface area (Å²) >= 11 is 0. The van der Waals surface area contributed by atoms with Crippen LogP contribution in [0, 0.1) is 10.1 Å². The lowest BCUT2D eigenvalue weighted by atomic mass is 9.95. The molecule has 7 heteroatoms. The average Bonchev–Trinajstić information content (AvgIpc) is 2.48. The minimum absolute atomic E-state index is 0.132. The van der Waals surface area contributed by atoms with Gasteiger partial charge in [-0.1, -0.05) is 6.92 Å². The summed E-state index contributed by atoms with van der Waals surface area (Å²) in [5.41, 5.74) is 0.885.